The molecule has 2 aliphatic heterocycles. The Kier molecular flexibility index (Phi) is 7.19. The lowest BCUT2D eigenvalue weighted by molar-refractivity contribution is 0.0695. The lowest BCUT2D eigenvalue weighted by Gasteiger charge is -2.32. The summed E-state index contributed by atoms with van der Waals surface area (Å²) in [5, 5.41) is 2.98. The fourth-order valence-electron chi connectivity index (χ4n) is 4.47. The molecular formula is C24H31N3O5S. The molecule has 4 rings (SSSR count). The molecule has 0 saturated carbocycles. The Labute approximate surface area is 195 Å². The van der Waals surface area contributed by atoms with Gasteiger partial charge in [0.2, 0.25) is 10.0 Å². The number of sulfonamides is 1. The number of nitrogens with zero attached hydrogens (tertiary/aromatic N) is 2. The minimum Gasteiger partial charge on any atom is -0.459 e. The van der Waals surface area contributed by atoms with Crippen molar-refractivity contribution in [3.05, 3.63) is 53.5 Å². The van der Waals surface area contributed by atoms with E-state index in [1.165, 1.54) is 18.4 Å². The van der Waals surface area contributed by atoms with Crippen molar-refractivity contribution in [2.24, 2.45) is 0 Å². The molecule has 33 heavy (non-hydrogen) atoms. The van der Waals surface area contributed by atoms with Crippen molar-refractivity contribution in [3.8, 4) is 0 Å². The maximum absolute atomic E-state index is 12.9. The van der Waals surface area contributed by atoms with Crippen LogP contribution >= 0.6 is 0 Å². The van der Waals surface area contributed by atoms with E-state index in [1.807, 2.05) is 6.92 Å². The maximum atomic E-state index is 12.9. The van der Waals surface area contributed by atoms with Crippen LogP contribution in [0.4, 0.5) is 0 Å². The molecule has 9 heteroatoms. The van der Waals surface area contributed by atoms with Crippen LogP contribution in [0.2, 0.25) is 0 Å². The summed E-state index contributed by atoms with van der Waals surface area (Å²) in [5.41, 5.74) is 1.26. The first-order chi connectivity index (χ1) is 15.9. The highest BCUT2D eigenvalue weighted by Gasteiger charge is 2.28. The third kappa shape index (κ3) is 5.30. The van der Waals surface area contributed by atoms with Gasteiger partial charge in [-0.1, -0.05) is 12.8 Å². The van der Waals surface area contributed by atoms with Gasteiger partial charge in [0, 0.05) is 43.3 Å². The Balaban J connectivity index is 1.33. The van der Waals surface area contributed by atoms with Gasteiger partial charge in [-0.15, -0.1) is 0 Å². The summed E-state index contributed by atoms with van der Waals surface area (Å²) < 4.78 is 32.7. The SMILES string of the molecule is Cc1ccoc1C(=O)NC1CCN(C(=O)c2ccc(S(=O)(=O)N3CCCCCC3)cc2)CC1. The fourth-order valence-corrected chi connectivity index (χ4v) is 5.98. The molecule has 0 unspecified atom stereocenters. The van der Waals surface area contributed by atoms with E-state index >= 15 is 0 Å². The van der Waals surface area contributed by atoms with Gasteiger partial charge in [-0.25, -0.2) is 8.42 Å². The zero-order chi connectivity index (χ0) is 23.4. The minimum atomic E-state index is -3.53. The van der Waals surface area contributed by atoms with Crippen molar-refractivity contribution < 1.29 is 22.4 Å². The summed E-state index contributed by atoms with van der Waals surface area (Å²) in [7, 11) is -3.53. The number of aryl methyl sites for hydroxylation is 1. The number of hydrogen-bond acceptors (Lipinski definition) is 5. The second-order valence-electron chi connectivity index (χ2n) is 8.82. The van der Waals surface area contributed by atoms with Crippen molar-refractivity contribution in [3.63, 3.8) is 0 Å². The summed E-state index contributed by atoms with van der Waals surface area (Å²) in [6.07, 6.45) is 6.68. The molecule has 0 atom stereocenters. The van der Waals surface area contributed by atoms with Crippen LogP contribution in [0.1, 0.15) is 65.0 Å². The van der Waals surface area contributed by atoms with E-state index in [0.717, 1.165) is 31.2 Å². The Bertz CT molecular complexity index is 1080. The van der Waals surface area contributed by atoms with Crippen LogP contribution in [-0.4, -0.2) is 61.7 Å². The molecule has 0 radical (unpaired) electrons. The number of carbonyl (C=O) groups is 2. The molecular weight excluding hydrogens is 442 g/mol. The predicted molar refractivity (Wildman–Crippen MR) is 124 cm³/mol. The molecule has 178 valence electrons. The molecule has 2 aromatic rings. The number of nitrogens with one attached hydrogen (secondary N) is 1. The van der Waals surface area contributed by atoms with E-state index in [1.54, 1.807) is 27.4 Å². The topological polar surface area (TPSA) is 99.9 Å². The number of furan rings is 1. The van der Waals surface area contributed by atoms with Crippen molar-refractivity contribution in [2.75, 3.05) is 26.2 Å². The number of benzene rings is 1. The Hall–Kier alpha value is -2.65. The van der Waals surface area contributed by atoms with Crippen LogP contribution in [0, 0.1) is 6.92 Å². The normalized spacial score (nSPS) is 18.6. The minimum absolute atomic E-state index is 0.0211. The highest BCUT2D eigenvalue weighted by atomic mass is 32.2. The molecule has 0 bridgehead atoms. The summed E-state index contributed by atoms with van der Waals surface area (Å²) in [4.78, 5) is 27.3. The van der Waals surface area contributed by atoms with Gasteiger partial charge in [0.15, 0.2) is 5.76 Å². The first-order valence-corrected chi connectivity index (χ1v) is 13.0. The van der Waals surface area contributed by atoms with Gasteiger partial charge in [0.25, 0.3) is 11.8 Å². The second kappa shape index (κ2) is 10.1. The van der Waals surface area contributed by atoms with E-state index in [4.69, 9.17) is 4.42 Å². The maximum Gasteiger partial charge on any atom is 0.287 e. The molecule has 3 heterocycles. The molecule has 0 spiro atoms. The smallest absolute Gasteiger partial charge is 0.287 e. The zero-order valence-electron chi connectivity index (χ0n) is 19.0. The molecule has 2 amide bonds. The van der Waals surface area contributed by atoms with E-state index < -0.39 is 10.0 Å². The van der Waals surface area contributed by atoms with E-state index in [-0.39, 0.29) is 22.8 Å². The number of rotatable bonds is 5. The highest BCUT2D eigenvalue weighted by molar-refractivity contribution is 7.89. The van der Waals surface area contributed by atoms with E-state index in [0.29, 0.717) is 50.3 Å². The third-order valence-corrected chi connectivity index (χ3v) is 8.40. The highest BCUT2D eigenvalue weighted by Crippen LogP contribution is 2.22. The van der Waals surface area contributed by atoms with Gasteiger partial charge in [-0.05, 0) is 62.9 Å². The van der Waals surface area contributed by atoms with Gasteiger partial charge >= 0.3 is 0 Å². The molecule has 2 aliphatic rings. The van der Waals surface area contributed by atoms with Crippen LogP contribution in [0.15, 0.2) is 45.9 Å². The molecule has 1 N–H and O–H groups in total. The second-order valence-corrected chi connectivity index (χ2v) is 10.8. The first-order valence-electron chi connectivity index (χ1n) is 11.6. The molecule has 2 fully saturated rings. The average molecular weight is 474 g/mol. The quantitative estimate of drug-likeness (QED) is 0.719. The lowest BCUT2D eigenvalue weighted by Crippen LogP contribution is -2.46. The Morgan fingerprint density at radius 2 is 1.58 bits per heavy atom. The van der Waals surface area contributed by atoms with Crippen molar-refractivity contribution >= 4 is 21.8 Å². The average Bonchev–Trinajstić information content (AvgIpc) is 3.07. The zero-order valence-corrected chi connectivity index (χ0v) is 19.8. The predicted octanol–water partition coefficient (Wildman–Crippen LogP) is 3.19. The van der Waals surface area contributed by atoms with Gasteiger partial charge < -0.3 is 14.6 Å². The van der Waals surface area contributed by atoms with Crippen molar-refractivity contribution in [2.45, 2.75) is 56.4 Å². The Morgan fingerprint density at radius 1 is 0.939 bits per heavy atom. The van der Waals surface area contributed by atoms with Gasteiger partial charge in [-0.3, -0.25) is 9.59 Å². The van der Waals surface area contributed by atoms with E-state index in [2.05, 4.69) is 5.32 Å². The molecule has 8 nitrogen and oxygen atoms in total. The summed E-state index contributed by atoms with van der Waals surface area (Å²) in [6, 6.07) is 7.99. The van der Waals surface area contributed by atoms with Gasteiger partial charge in [-0.2, -0.15) is 4.31 Å². The summed E-state index contributed by atoms with van der Waals surface area (Å²) >= 11 is 0. The molecule has 0 aliphatic carbocycles. The number of amides is 2. The lowest BCUT2D eigenvalue weighted by atomic mass is 10.0. The number of hydrogen-bond donors (Lipinski definition) is 1. The van der Waals surface area contributed by atoms with Crippen LogP contribution in [-0.2, 0) is 10.0 Å². The fraction of sp³-hybridized carbons (Fsp3) is 0.500. The van der Waals surface area contributed by atoms with Crippen LogP contribution < -0.4 is 5.32 Å². The monoisotopic (exact) mass is 473 g/mol. The number of carbonyl (C=O) groups excluding carboxylic acids is 2. The van der Waals surface area contributed by atoms with Crippen molar-refractivity contribution in [1.29, 1.82) is 0 Å². The van der Waals surface area contributed by atoms with Crippen LogP contribution in [0.5, 0.6) is 0 Å². The van der Waals surface area contributed by atoms with E-state index in [9.17, 15) is 18.0 Å². The summed E-state index contributed by atoms with van der Waals surface area (Å²) in [6.45, 7) is 3.97. The molecule has 1 aromatic carbocycles. The van der Waals surface area contributed by atoms with Crippen molar-refractivity contribution in [1.82, 2.24) is 14.5 Å². The molecule has 2 saturated heterocycles. The Morgan fingerprint density at radius 3 is 2.15 bits per heavy atom. The number of piperidine rings is 1. The van der Waals surface area contributed by atoms with Gasteiger partial charge in [0.1, 0.15) is 0 Å². The third-order valence-electron chi connectivity index (χ3n) is 6.49. The van der Waals surface area contributed by atoms with Crippen LogP contribution in [0.25, 0.3) is 0 Å². The van der Waals surface area contributed by atoms with Crippen LogP contribution in [0.3, 0.4) is 0 Å². The number of likely N-dealkylation sites (tertiary alicyclic amines) is 1. The first kappa shape index (κ1) is 23.5. The molecule has 1 aromatic heterocycles. The van der Waals surface area contributed by atoms with Gasteiger partial charge in [0.05, 0.1) is 11.2 Å². The summed E-state index contributed by atoms with van der Waals surface area (Å²) in [5.74, 6) is -0.0346. The largest absolute Gasteiger partial charge is 0.459 e. The standard InChI is InChI=1S/C24H31N3O5S/c1-18-12-17-32-22(18)23(28)25-20-10-15-26(16-11-20)24(29)19-6-8-21(9-7-19)33(30,31)27-13-4-2-3-5-14-27/h6-9,12,17,20H,2-5,10-11,13-16H2,1H3,(H,25,28).